The zero-order valence-corrected chi connectivity index (χ0v) is 12.3. The minimum atomic E-state index is 0.234. The Bertz CT molecular complexity index is 410. The summed E-state index contributed by atoms with van der Waals surface area (Å²) in [6, 6.07) is 6.26. The van der Waals surface area contributed by atoms with Crippen LogP contribution in [-0.4, -0.2) is 12.5 Å². The first-order valence-electron chi connectivity index (χ1n) is 6.83. The summed E-state index contributed by atoms with van der Waals surface area (Å²) in [6.45, 7) is 11.2. The number of anilines is 1. The van der Waals surface area contributed by atoms with Crippen LogP contribution in [0.5, 0.6) is 0 Å². The van der Waals surface area contributed by atoms with Gasteiger partial charge in [-0.3, -0.25) is 4.79 Å². The van der Waals surface area contributed by atoms with Crippen LogP contribution < -0.4 is 4.90 Å². The molecule has 0 radical (unpaired) electrons. The molecule has 0 unspecified atom stereocenters. The summed E-state index contributed by atoms with van der Waals surface area (Å²) in [4.78, 5) is 14.1. The first-order chi connectivity index (χ1) is 8.45. The number of hydrogen-bond acceptors (Lipinski definition) is 1. The van der Waals surface area contributed by atoms with Gasteiger partial charge < -0.3 is 4.90 Å². The highest BCUT2D eigenvalue weighted by Gasteiger charge is 2.15. The van der Waals surface area contributed by atoms with Crippen molar-refractivity contribution in [2.75, 3.05) is 11.4 Å². The number of carbonyl (C=O) groups excluding carboxylic acids is 1. The van der Waals surface area contributed by atoms with Crippen molar-refractivity contribution in [3.63, 3.8) is 0 Å². The maximum atomic E-state index is 12.2. The van der Waals surface area contributed by atoms with E-state index in [1.807, 2.05) is 11.8 Å². The minimum absolute atomic E-state index is 0.234. The van der Waals surface area contributed by atoms with Crippen LogP contribution in [-0.2, 0) is 4.79 Å². The van der Waals surface area contributed by atoms with Crippen molar-refractivity contribution >= 4 is 11.6 Å². The Morgan fingerprint density at radius 2 is 1.94 bits per heavy atom. The summed E-state index contributed by atoms with van der Waals surface area (Å²) in [7, 11) is 0. The first kappa shape index (κ1) is 14.7. The lowest BCUT2D eigenvalue weighted by atomic mass is 10.1. The van der Waals surface area contributed by atoms with E-state index in [4.69, 9.17) is 0 Å². The molecule has 0 aliphatic rings. The quantitative estimate of drug-likeness (QED) is 0.767. The Morgan fingerprint density at radius 3 is 2.44 bits per heavy atom. The van der Waals surface area contributed by atoms with Crippen LogP contribution in [0.2, 0.25) is 0 Å². The van der Waals surface area contributed by atoms with E-state index in [9.17, 15) is 4.79 Å². The summed E-state index contributed by atoms with van der Waals surface area (Å²) in [6.07, 6.45) is 1.60. The van der Waals surface area contributed by atoms with E-state index >= 15 is 0 Å². The molecule has 18 heavy (non-hydrogen) atoms. The van der Waals surface area contributed by atoms with Crippen LogP contribution >= 0.6 is 0 Å². The Kier molecular flexibility index (Phi) is 5.39. The molecule has 0 saturated heterocycles. The molecular formula is C16H25NO. The van der Waals surface area contributed by atoms with E-state index in [0.29, 0.717) is 12.3 Å². The zero-order valence-electron chi connectivity index (χ0n) is 12.3. The SMILES string of the molecule is CCN(C(=O)CCC(C)C)c1ccc(C)cc1C. The highest BCUT2D eigenvalue weighted by Crippen LogP contribution is 2.22. The standard InChI is InChI=1S/C16H25NO/c1-6-17(16(18)10-7-12(2)3)15-9-8-13(4)11-14(15)5/h8-9,11-12H,6-7,10H2,1-5H3. The lowest BCUT2D eigenvalue weighted by Gasteiger charge is -2.23. The van der Waals surface area contributed by atoms with Crippen LogP contribution in [0.4, 0.5) is 5.69 Å². The van der Waals surface area contributed by atoms with Crippen molar-refractivity contribution in [2.45, 2.75) is 47.5 Å². The molecule has 0 fully saturated rings. The number of amides is 1. The molecule has 1 amide bonds. The molecule has 1 rings (SSSR count). The summed E-state index contributed by atoms with van der Waals surface area (Å²) >= 11 is 0. The number of benzene rings is 1. The van der Waals surface area contributed by atoms with Crippen molar-refractivity contribution in [3.05, 3.63) is 29.3 Å². The highest BCUT2D eigenvalue weighted by molar-refractivity contribution is 5.94. The van der Waals surface area contributed by atoms with Gasteiger partial charge in [0.1, 0.15) is 0 Å². The number of hydrogen-bond donors (Lipinski definition) is 0. The van der Waals surface area contributed by atoms with Crippen molar-refractivity contribution in [1.29, 1.82) is 0 Å². The summed E-state index contributed by atoms with van der Waals surface area (Å²) in [5.41, 5.74) is 3.47. The number of carbonyl (C=O) groups is 1. The number of aryl methyl sites for hydroxylation is 2. The molecule has 2 heteroatoms. The first-order valence-corrected chi connectivity index (χ1v) is 6.83. The van der Waals surface area contributed by atoms with Gasteiger partial charge in [-0.15, -0.1) is 0 Å². The number of rotatable bonds is 5. The van der Waals surface area contributed by atoms with E-state index in [1.165, 1.54) is 11.1 Å². The third-order valence-corrected chi connectivity index (χ3v) is 3.20. The lowest BCUT2D eigenvalue weighted by molar-refractivity contribution is -0.118. The molecule has 1 aromatic carbocycles. The summed E-state index contributed by atoms with van der Waals surface area (Å²) < 4.78 is 0. The lowest BCUT2D eigenvalue weighted by Crippen LogP contribution is -2.31. The Labute approximate surface area is 111 Å². The van der Waals surface area contributed by atoms with Gasteiger partial charge in [-0.25, -0.2) is 0 Å². The fourth-order valence-corrected chi connectivity index (χ4v) is 2.14. The largest absolute Gasteiger partial charge is 0.312 e. The molecule has 1 aromatic rings. The van der Waals surface area contributed by atoms with Gasteiger partial charge in [0, 0.05) is 18.7 Å². The second-order valence-corrected chi connectivity index (χ2v) is 5.36. The smallest absolute Gasteiger partial charge is 0.226 e. The third kappa shape index (κ3) is 3.86. The topological polar surface area (TPSA) is 20.3 Å². The molecule has 0 heterocycles. The van der Waals surface area contributed by atoms with E-state index in [-0.39, 0.29) is 5.91 Å². The van der Waals surface area contributed by atoms with Crippen LogP contribution in [0.3, 0.4) is 0 Å². The predicted octanol–water partition coefficient (Wildman–Crippen LogP) is 4.09. The van der Waals surface area contributed by atoms with E-state index in [0.717, 1.165) is 18.7 Å². The highest BCUT2D eigenvalue weighted by atomic mass is 16.2. The van der Waals surface area contributed by atoms with Crippen LogP contribution in [0.15, 0.2) is 18.2 Å². The molecule has 0 spiro atoms. The Balaban J connectivity index is 2.85. The number of nitrogens with zero attached hydrogens (tertiary/aromatic N) is 1. The van der Waals surface area contributed by atoms with Crippen molar-refractivity contribution in [3.8, 4) is 0 Å². The Hall–Kier alpha value is -1.31. The van der Waals surface area contributed by atoms with Crippen molar-refractivity contribution < 1.29 is 4.79 Å². The molecule has 0 aromatic heterocycles. The van der Waals surface area contributed by atoms with Gasteiger partial charge in [-0.1, -0.05) is 31.5 Å². The Morgan fingerprint density at radius 1 is 1.28 bits per heavy atom. The molecule has 0 aliphatic carbocycles. The molecule has 0 atom stereocenters. The van der Waals surface area contributed by atoms with Crippen molar-refractivity contribution in [1.82, 2.24) is 0 Å². The molecule has 0 saturated carbocycles. The van der Waals surface area contributed by atoms with E-state index < -0.39 is 0 Å². The van der Waals surface area contributed by atoms with Crippen LogP contribution in [0.25, 0.3) is 0 Å². The average molecular weight is 247 g/mol. The zero-order chi connectivity index (χ0) is 13.7. The van der Waals surface area contributed by atoms with Crippen molar-refractivity contribution in [2.24, 2.45) is 5.92 Å². The van der Waals surface area contributed by atoms with Gasteiger partial charge in [0.15, 0.2) is 0 Å². The average Bonchev–Trinajstić information content (AvgIpc) is 2.30. The minimum Gasteiger partial charge on any atom is -0.312 e. The maximum absolute atomic E-state index is 12.2. The molecule has 0 aliphatic heterocycles. The summed E-state index contributed by atoms with van der Waals surface area (Å²) in [5, 5.41) is 0. The van der Waals surface area contributed by atoms with Crippen LogP contribution in [0.1, 0.15) is 44.7 Å². The fraction of sp³-hybridized carbons (Fsp3) is 0.562. The second kappa shape index (κ2) is 6.58. The van der Waals surface area contributed by atoms with Gasteiger partial charge in [0.05, 0.1) is 0 Å². The normalized spacial score (nSPS) is 10.8. The second-order valence-electron chi connectivity index (χ2n) is 5.36. The van der Waals surface area contributed by atoms with E-state index in [1.54, 1.807) is 0 Å². The molecule has 0 bridgehead atoms. The molecular weight excluding hydrogens is 222 g/mol. The molecule has 0 N–H and O–H groups in total. The summed E-state index contributed by atoms with van der Waals surface area (Å²) in [5.74, 6) is 0.810. The van der Waals surface area contributed by atoms with Gasteiger partial charge >= 0.3 is 0 Å². The van der Waals surface area contributed by atoms with E-state index in [2.05, 4.69) is 45.9 Å². The van der Waals surface area contributed by atoms with Gasteiger partial charge in [0.2, 0.25) is 5.91 Å². The van der Waals surface area contributed by atoms with Crippen LogP contribution in [0, 0.1) is 19.8 Å². The molecule has 2 nitrogen and oxygen atoms in total. The monoisotopic (exact) mass is 247 g/mol. The fourth-order valence-electron chi connectivity index (χ4n) is 2.14. The van der Waals surface area contributed by atoms with Gasteiger partial charge in [0.25, 0.3) is 0 Å². The molecule has 100 valence electrons. The third-order valence-electron chi connectivity index (χ3n) is 3.20. The van der Waals surface area contributed by atoms with Gasteiger partial charge in [-0.05, 0) is 44.7 Å². The predicted molar refractivity (Wildman–Crippen MR) is 78.0 cm³/mol. The maximum Gasteiger partial charge on any atom is 0.226 e. The van der Waals surface area contributed by atoms with Gasteiger partial charge in [-0.2, -0.15) is 0 Å².